The molecule has 1 aromatic heterocycles. The van der Waals surface area contributed by atoms with Gasteiger partial charge in [-0.1, -0.05) is 17.7 Å². The van der Waals surface area contributed by atoms with Crippen LogP contribution in [0, 0.1) is 0 Å². The van der Waals surface area contributed by atoms with E-state index in [0.29, 0.717) is 0 Å². The molecular weight excluding hydrogens is 266 g/mol. The molecule has 0 saturated heterocycles. The number of aromatic nitrogens is 2. The SMILES string of the molecule is CNC(CSc1cccc(Cl)c1)c1ccnn1C. The molecule has 0 aliphatic heterocycles. The molecule has 0 aliphatic rings. The van der Waals surface area contributed by atoms with Crippen molar-refractivity contribution < 1.29 is 0 Å². The minimum Gasteiger partial charge on any atom is -0.311 e. The summed E-state index contributed by atoms with van der Waals surface area (Å²) in [4.78, 5) is 1.19. The Morgan fingerprint density at radius 1 is 1.44 bits per heavy atom. The average Bonchev–Trinajstić information content (AvgIpc) is 2.77. The molecule has 3 nitrogen and oxygen atoms in total. The van der Waals surface area contributed by atoms with Crippen LogP contribution in [0.5, 0.6) is 0 Å². The van der Waals surface area contributed by atoms with E-state index in [1.54, 1.807) is 11.8 Å². The molecule has 2 aromatic rings. The lowest BCUT2D eigenvalue weighted by atomic mass is 10.2. The van der Waals surface area contributed by atoms with Crippen molar-refractivity contribution in [2.75, 3.05) is 12.8 Å². The first-order valence-electron chi connectivity index (χ1n) is 5.74. The molecule has 1 N–H and O–H groups in total. The third kappa shape index (κ3) is 3.28. The summed E-state index contributed by atoms with van der Waals surface area (Å²) >= 11 is 7.76. The van der Waals surface area contributed by atoms with Crippen molar-refractivity contribution >= 4 is 23.4 Å². The van der Waals surface area contributed by atoms with Crippen molar-refractivity contribution in [2.45, 2.75) is 10.9 Å². The number of nitrogens with zero attached hydrogens (tertiary/aromatic N) is 2. The Hall–Kier alpha value is -0.970. The lowest BCUT2D eigenvalue weighted by Crippen LogP contribution is -2.21. The summed E-state index contributed by atoms with van der Waals surface area (Å²) in [5.41, 5.74) is 1.19. The number of thioether (sulfide) groups is 1. The molecule has 1 heterocycles. The molecule has 0 radical (unpaired) electrons. The standard InChI is InChI=1S/C13H16ClN3S/c1-15-12(13-6-7-16-17(13)2)9-18-11-5-3-4-10(14)8-11/h3-8,12,15H,9H2,1-2H3. The Kier molecular flexibility index (Phi) is 4.69. The van der Waals surface area contributed by atoms with Gasteiger partial charge < -0.3 is 5.32 Å². The summed E-state index contributed by atoms with van der Waals surface area (Å²) in [6.45, 7) is 0. The molecule has 5 heteroatoms. The van der Waals surface area contributed by atoms with Crippen molar-refractivity contribution in [3.05, 3.63) is 47.2 Å². The zero-order valence-corrected chi connectivity index (χ0v) is 12.0. The summed E-state index contributed by atoms with van der Waals surface area (Å²) in [7, 11) is 3.93. The molecule has 1 unspecified atom stereocenters. The van der Waals surface area contributed by atoms with Gasteiger partial charge >= 0.3 is 0 Å². The predicted octanol–water partition coefficient (Wildman–Crippen LogP) is 3.13. The van der Waals surface area contributed by atoms with Crippen LogP contribution in [0.25, 0.3) is 0 Å². The number of benzene rings is 1. The lowest BCUT2D eigenvalue weighted by molar-refractivity contribution is 0.586. The normalized spacial score (nSPS) is 12.6. The number of halogens is 1. The van der Waals surface area contributed by atoms with Gasteiger partial charge in [0.1, 0.15) is 0 Å². The minimum atomic E-state index is 0.279. The summed E-state index contributed by atoms with van der Waals surface area (Å²) in [6.07, 6.45) is 1.82. The van der Waals surface area contributed by atoms with Crippen molar-refractivity contribution in [2.24, 2.45) is 7.05 Å². The first-order valence-corrected chi connectivity index (χ1v) is 7.10. The second-order valence-electron chi connectivity index (χ2n) is 3.99. The van der Waals surface area contributed by atoms with Gasteiger partial charge in [0.15, 0.2) is 0 Å². The highest BCUT2D eigenvalue weighted by molar-refractivity contribution is 7.99. The van der Waals surface area contributed by atoms with E-state index in [0.717, 1.165) is 10.8 Å². The fourth-order valence-electron chi connectivity index (χ4n) is 1.78. The van der Waals surface area contributed by atoms with E-state index in [1.807, 2.05) is 49.2 Å². The van der Waals surface area contributed by atoms with E-state index in [-0.39, 0.29) is 6.04 Å². The van der Waals surface area contributed by atoms with Gasteiger partial charge in [-0.25, -0.2) is 0 Å². The second-order valence-corrected chi connectivity index (χ2v) is 5.52. The highest BCUT2D eigenvalue weighted by atomic mass is 35.5. The van der Waals surface area contributed by atoms with E-state index in [4.69, 9.17) is 11.6 Å². The molecule has 18 heavy (non-hydrogen) atoms. The number of hydrogen-bond acceptors (Lipinski definition) is 3. The molecule has 0 amide bonds. The van der Waals surface area contributed by atoms with Crippen LogP contribution in [0.4, 0.5) is 0 Å². The monoisotopic (exact) mass is 281 g/mol. The van der Waals surface area contributed by atoms with Gasteiger partial charge in [0.2, 0.25) is 0 Å². The largest absolute Gasteiger partial charge is 0.311 e. The van der Waals surface area contributed by atoms with Crippen LogP contribution in [0.3, 0.4) is 0 Å². The van der Waals surface area contributed by atoms with E-state index in [9.17, 15) is 0 Å². The molecule has 0 aliphatic carbocycles. The molecule has 0 fully saturated rings. The Bertz CT molecular complexity index is 512. The minimum absolute atomic E-state index is 0.279. The third-order valence-corrected chi connectivity index (χ3v) is 4.10. The predicted molar refractivity (Wildman–Crippen MR) is 77.2 cm³/mol. The first-order chi connectivity index (χ1) is 8.70. The number of rotatable bonds is 5. The molecular formula is C13H16ClN3S. The van der Waals surface area contributed by atoms with Gasteiger partial charge in [-0.3, -0.25) is 4.68 Å². The number of nitrogens with one attached hydrogen (secondary N) is 1. The smallest absolute Gasteiger partial charge is 0.0584 e. The molecule has 0 spiro atoms. The van der Waals surface area contributed by atoms with Crippen molar-refractivity contribution in [3.8, 4) is 0 Å². The van der Waals surface area contributed by atoms with Crippen LogP contribution in [-0.2, 0) is 7.05 Å². The van der Waals surface area contributed by atoms with E-state index < -0.39 is 0 Å². The van der Waals surface area contributed by atoms with E-state index in [2.05, 4.69) is 16.5 Å². The molecule has 0 saturated carbocycles. The van der Waals surface area contributed by atoms with Gasteiger partial charge in [0.25, 0.3) is 0 Å². The summed E-state index contributed by atoms with van der Waals surface area (Å²) < 4.78 is 1.90. The zero-order chi connectivity index (χ0) is 13.0. The van der Waals surface area contributed by atoms with Gasteiger partial charge in [-0.15, -0.1) is 11.8 Å². The van der Waals surface area contributed by atoms with Gasteiger partial charge in [0.05, 0.1) is 11.7 Å². The maximum absolute atomic E-state index is 5.98. The highest BCUT2D eigenvalue weighted by Gasteiger charge is 2.13. The Morgan fingerprint density at radius 3 is 2.89 bits per heavy atom. The second kappa shape index (κ2) is 6.27. The zero-order valence-electron chi connectivity index (χ0n) is 10.4. The van der Waals surface area contributed by atoms with Crippen molar-refractivity contribution in [1.82, 2.24) is 15.1 Å². The van der Waals surface area contributed by atoms with Crippen LogP contribution >= 0.6 is 23.4 Å². The number of aryl methyl sites for hydroxylation is 1. The third-order valence-electron chi connectivity index (χ3n) is 2.78. The highest BCUT2D eigenvalue weighted by Crippen LogP contribution is 2.26. The fraction of sp³-hybridized carbons (Fsp3) is 0.308. The van der Waals surface area contributed by atoms with Crippen LogP contribution in [0.15, 0.2) is 41.4 Å². The lowest BCUT2D eigenvalue weighted by Gasteiger charge is -2.16. The van der Waals surface area contributed by atoms with Crippen LogP contribution < -0.4 is 5.32 Å². The maximum atomic E-state index is 5.98. The van der Waals surface area contributed by atoms with Gasteiger partial charge in [0, 0.05) is 28.9 Å². The van der Waals surface area contributed by atoms with Gasteiger partial charge in [-0.05, 0) is 31.3 Å². The molecule has 0 bridgehead atoms. The molecule has 96 valence electrons. The summed E-state index contributed by atoms with van der Waals surface area (Å²) in [5, 5.41) is 8.30. The van der Waals surface area contributed by atoms with Crippen molar-refractivity contribution in [1.29, 1.82) is 0 Å². The summed E-state index contributed by atoms with van der Waals surface area (Å²) in [5.74, 6) is 0.941. The van der Waals surface area contributed by atoms with E-state index >= 15 is 0 Å². The van der Waals surface area contributed by atoms with Crippen LogP contribution in [-0.4, -0.2) is 22.6 Å². The molecule has 2 rings (SSSR count). The topological polar surface area (TPSA) is 29.9 Å². The van der Waals surface area contributed by atoms with Crippen molar-refractivity contribution in [3.63, 3.8) is 0 Å². The average molecular weight is 282 g/mol. The summed E-state index contributed by atoms with van der Waals surface area (Å²) in [6, 6.07) is 10.3. The Labute approximate surface area is 117 Å². The molecule has 1 aromatic carbocycles. The Balaban J connectivity index is 2.02. The maximum Gasteiger partial charge on any atom is 0.0584 e. The van der Waals surface area contributed by atoms with Crippen LogP contribution in [0.2, 0.25) is 5.02 Å². The number of hydrogen-bond donors (Lipinski definition) is 1. The van der Waals surface area contributed by atoms with Gasteiger partial charge in [-0.2, -0.15) is 5.10 Å². The van der Waals surface area contributed by atoms with E-state index in [1.165, 1.54) is 10.6 Å². The molecule has 1 atom stereocenters. The first kappa shape index (κ1) is 13.5. The van der Waals surface area contributed by atoms with Crippen LogP contribution in [0.1, 0.15) is 11.7 Å². The Morgan fingerprint density at radius 2 is 2.28 bits per heavy atom. The quantitative estimate of drug-likeness (QED) is 0.854. The fourth-order valence-corrected chi connectivity index (χ4v) is 3.12.